The number of rotatable bonds is 8. The highest BCUT2D eigenvalue weighted by atomic mass is 19.4. The summed E-state index contributed by atoms with van der Waals surface area (Å²) >= 11 is 0. The Balaban J connectivity index is 1.67. The van der Waals surface area contributed by atoms with Crippen molar-refractivity contribution in [3.63, 3.8) is 0 Å². The molecule has 9 nitrogen and oxygen atoms in total. The van der Waals surface area contributed by atoms with E-state index in [1.165, 1.54) is 13.2 Å². The van der Waals surface area contributed by atoms with E-state index >= 15 is 0 Å². The first-order valence-corrected chi connectivity index (χ1v) is 10.4. The minimum atomic E-state index is -4.80. The lowest BCUT2D eigenvalue weighted by molar-refractivity contribution is -0.139. The number of amides is 1. The van der Waals surface area contributed by atoms with Gasteiger partial charge in [0.25, 0.3) is 5.91 Å². The standard InChI is InChI=1S/C23H21F3N4O5/c1-34-18-8-12(7-14(32)11-31)5-6-16(18)29-22-28-10-15(23(24,25)26)21(30-22)35-17-4-2-3-13-9-27-20(33)19(13)17/h2-6,8,10,14,31-32H,7,9,11H2,1H3,(H,27,33)(H,28,29,30)/t14-/m1/s1. The molecule has 0 bridgehead atoms. The van der Waals surface area contributed by atoms with Gasteiger partial charge in [-0.25, -0.2) is 4.98 Å². The van der Waals surface area contributed by atoms with Crippen molar-refractivity contribution in [1.82, 2.24) is 15.3 Å². The van der Waals surface area contributed by atoms with Gasteiger partial charge in [0.15, 0.2) is 0 Å². The molecule has 35 heavy (non-hydrogen) atoms. The normalized spacial score (nSPS) is 13.7. The van der Waals surface area contributed by atoms with Gasteiger partial charge in [0.2, 0.25) is 11.8 Å². The second kappa shape index (κ2) is 9.76. The quantitative estimate of drug-likeness (QED) is 0.380. The van der Waals surface area contributed by atoms with Crippen molar-refractivity contribution in [2.24, 2.45) is 0 Å². The molecule has 0 saturated heterocycles. The number of hydrogen-bond donors (Lipinski definition) is 4. The molecule has 1 aliphatic rings. The van der Waals surface area contributed by atoms with E-state index in [1.807, 2.05) is 0 Å². The van der Waals surface area contributed by atoms with Gasteiger partial charge in [-0.15, -0.1) is 0 Å². The van der Waals surface area contributed by atoms with Crippen molar-refractivity contribution in [2.45, 2.75) is 25.2 Å². The zero-order valence-electron chi connectivity index (χ0n) is 18.4. The Morgan fingerprint density at radius 1 is 1.23 bits per heavy atom. The fourth-order valence-corrected chi connectivity index (χ4v) is 3.56. The number of aliphatic hydroxyl groups is 2. The van der Waals surface area contributed by atoms with Crippen LogP contribution in [-0.4, -0.2) is 45.9 Å². The fourth-order valence-electron chi connectivity index (χ4n) is 3.56. The molecule has 1 aliphatic heterocycles. The number of benzene rings is 2. The average Bonchev–Trinajstić information content (AvgIpc) is 3.21. The number of hydrogen-bond acceptors (Lipinski definition) is 8. The van der Waals surface area contributed by atoms with Crippen LogP contribution in [0.4, 0.5) is 24.8 Å². The lowest BCUT2D eigenvalue weighted by Crippen LogP contribution is -2.15. The maximum absolute atomic E-state index is 13.6. The smallest absolute Gasteiger partial charge is 0.423 e. The number of methoxy groups -OCH3 is 1. The van der Waals surface area contributed by atoms with Crippen LogP contribution in [0.5, 0.6) is 17.4 Å². The molecule has 4 N–H and O–H groups in total. The molecule has 12 heteroatoms. The van der Waals surface area contributed by atoms with Crippen molar-refractivity contribution >= 4 is 17.5 Å². The molecular formula is C23H21F3N4O5. The van der Waals surface area contributed by atoms with Crippen LogP contribution in [0.2, 0.25) is 0 Å². The molecule has 0 saturated carbocycles. The van der Waals surface area contributed by atoms with Crippen LogP contribution in [0.15, 0.2) is 42.6 Å². The highest BCUT2D eigenvalue weighted by Crippen LogP contribution is 2.39. The minimum Gasteiger partial charge on any atom is -0.495 e. The van der Waals surface area contributed by atoms with E-state index in [-0.39, 0.29) is 30.2 Å². The summed E-state index contributed by atoms with van der Waals surface area (Å²) in [4.78, 5) is 19.8. The van der Waals surface area contributed by atoms with Gasteiger partial charge in [0, 0.05) is 19.2 Å². The number of carbonyl (C=O) groups is 1. The number of nitrogens with zero attached hydrogens (tertiary/aromatic N) is 2. The summed E-state index contributed by atoms with van der Waals surface area (Å²) < 4.78 is 51.7. The predicted octanol–water partition coefficient (Wildman–Crippen LogP) is 3.18. The van der Waals surface area contributed by atoms with E-state index in [4.69, 9.17) is 14.6 Å². The number of halogens is 3. The molecule has 2 heterocycles. The highest BCUT2D eigenvalue weighted by Gasteiger charge is 2.37. The SMILES string of the molecule is COc1cc(C[C@@H](O)CO)ccc1Nc1ncc(C(F)(F)F)c(Oc2cccc3c2C(=O)NC3)n1. The van der Waals surface area contributed by atoms with Crippen molar-refractivity contribution in [3.8, 4) is 17.4 Å². The van der Waals surface area contributed by atoms with Crippen LogP contribution in [0.3, 0.4) is 0 Å². The van der Waals surface area contributed by atoms with Crippen molar-refractivity contribution < 1.29 is 37.7 Å². The Hall–Kier alpha value is -3.90. The number of aromatic nitrogens is 2. The summed E-state index contributed by atoms with van der Waals surface area (Å²) in [6.07, 6.45) is -4.98. The lowest BCUT2D eigenvalue weighted by Gasteiger charge is -2.16. The van der Waals surface area contributed by atoms with E-state index in [1.54, 1.807) is 30.3 Å². The summed E-state index contributed by atoms with van der Waals surface area (Å²) in [5.74, 6) is -1.17. The molecule has 0 radical (unpaired) electrons. The van der Waals surface area contributed by atoms with Crippen LogP contribution in [0, 0.1) is 0 Å². The summed E-state index contributed by atoms with van der Waals surface area (Å²) in [5.41, 5.74) is 0.558. The van der Waals surface area contributed by atoms with Gasteiger partial charge in [0.1, 0.15) is 17.1 Å². The number of fused-ring (bicyclic) bond motifs is 1. The summed E-state index contributed by atoms with van der Waals surface area (Å²) in [5, 5.41) is 24.1. The van der Waals surface area contributed by atoms with Crippen molar-refractivity contribution in [2.75, 3.05) is 19.0 Å². The molecular weight excluding hydrogens is 469 g/mol. The van der Waals surface area contributed by atoms with Crippen LogP contribution in [-0.2, 0) is 19.1 Å². The van der Waals surface area contributed by atoms with Crippen molar-refractivity contribution in [3.05, 3.63) is 64.8 Å². The third-order valence-electron chi connectivity index (χ3n) is 5.24. The third kappa shape index (κ3) is 5.28. The largest absolute Gasteiger partial charge is 0.495 e. The van der Waals surface area contributed by atoms with Crippen molar-refractivity contribution in [1.29, 1.82) is 0 Å². The number of anilines is 2. The van der Waals surface area contributed by atoms with Crippen LogP contribution >= 0.6 is 0 Å². The molecule has 1 amide bonds. The molecule has 1 aromatic heterocycles. The predicted molar refractivity (Wildman–Crippen MR) is 118 cm³/mol. The maximum atomic E-state index is 13.6. The van der Waals surface area contributed by atoms with Gasteiger partial charge < -0.3 is 30.3 Å². The Morgan fingerprint density at radius 2 is 2.03 bits per heavy atom. The van der Waals surface area contributed by atoms with E-state index < -0.39 is 36.2 Å². The topological polar surface area (TPSA) is 126 Å². The molecule has 1 atom stereocenters. The van der Waals surface area contributed by atoms with Gasteiger partial charge in [0.05, 0.1) is 31.1 Å². The van der Waals surface area contributed by atoms with Gasteiger partial charge in [-0.3, -0.25) is 4.79 Å². The first-order valence-electron chi connectivity index (χ1n) is 10.4. The number of nitrogens with one attached hydrogen (secondary N) is 2. The molecule has 2 aromatic carbocycles. The number of alkyl halides is 3. The zero-order chi connectivity index (χ0) is 25.2. The van der Waals surface area contributed by atoms with Crippen LogP contribution in [0.25, 0.3) is 0 Å². The Bertz CT molecular complexity index is 1250. The molecule has 184 valence electrons. The number of ether oxygens (including phenoxy) is 2. The zero-order valence-corrected chi connectivity index (χ0v) is 18.4. The molecule has 0 spiro atoms. The molecule has 0 fully saturated rings. The number of aliphatic hydroxyl groups excluding tert-OH is 2. The monoisotopic (exact) mass is 490 g/mol. The summed E-state index contributed by atoms with van der Waals surface area (Å²) in [7, 11) is 1.40. The van der Waals surface area contributed by atoms with Crippen LogP contribution < -0.4 is 20.1 Å². The second-order valence-electron chi connectivity index (χ2n) is 7.69. The number of carbonyl (C=O) groups excluding carboxylic acids is 1. The maximum Gasteiger partial charge on any atom is 0.423 e. The Labute approximate surface area is 197 Å². The summed E-state index contributed by atoms with van der Waals surface area (Å²) in [6.45, 7) is -0.157. The first-order chi connectivity index (χ1) is 16.7. The third-order valence-corrected chi connectivity index (χ3v) is 5.24. The lowest BCUT2D eigenvalue weighted by atomic mass is 10.1. The first kappa shape index (κ1) is 24.2. The Morgan fingerprint density at radius 3 is 2.74 bits per heavy atom. The highest BCUT2D eigenvalue weighted by molar-refractivity contribution is 6.01. The summed E-state index contributed by atoms with van der Waals surface area (Å²) in [6, 6.07) is 9.47. The van der Waals surface area contributed by atoms with E-state index in [9.17, 15) is 23.1 Å². The average molecular weight is 490 g/mol. The minimum absolute atomic E-state index is 0.0583. The van der Waals surface area contributed by atoms with E-state index in [2.05, 4.69) is 20.6 Å². The van der Waals surface area contributed by atoms with Gasteiger partial charge in [-0.1, -0.05) is 18.2 Å². The van der Waals surface area contributed by atoms with Crippen LogP contribution in [0.1, 0.15) is 27.0 Å². The van der Waals surface area contributed by atoms with E-state index in [0.717, 1.165) is 0 Å². The Kier molecular flexibility index (Phi) is 6.76. The molecule has 0 aliphatic carbocycles. The fraction of sp³-hybridized carbons (Fsp3) is 0.261. The van der Waals surface area contributed by atoms with Gasteiger partial charge in [-0.2, -0.15) is 18.2 Å². The van der Waals surface area contributed by atoms with Gasteiger partial charge >= 0.3 is 6.18 Å². The second-order valence-corrected chi connectivity index (χ2v) is 7.69. The van der Waals surface area contributed by atoms with Gasteiger partial charge in [-0.05, 0) is 29.3 Å². The molecule has 3 aromatic rings. The molecule has 4 rings (SSSR count). The van der Waals surface area contributed by atoms with E-state index in [0.29, 0.717) is 28.8 Å². The molecule has 0 unspecified atom stereocenters.